The number of carbonyl (C=O) groups is 1. The van der Waals surface area contributed by atoms with E-state index in [0.29, 0.717) is 18.4 Å². The Labute approximate surface area is 231 Å². The molecular weight excluding hydrogens is 521 g/mol. The van der Waals surface area contributed by atoms with E-state index < -0.39 is 17.4 Å². The third kappa shape index (κ3) is 3.96. The molecule has 0 aromatic heterocycles. The summed E-state index contributed by atoms with van der Waals surface area (Å²) in [5, 5.41) is 12.6. The van der Waals surface area contributed by atoms with Crippen LogP contribution in [0.2, 0.25) is 0 Å². The molecule has 3 aliphatic carbocycles. The highest BCUT2D eigenvalue weighted by Crippen LogP contribution is 2.64. The van der Waals surface area contributed by atoms with Crippen molar-refractivity contribution >= 4 is 12.0 Å². The van der Waals surface area contributed by atoms with Crippen LogP contribution in [0.15, 0.2) is 48.5 Å². The first-order valence-electron chi connectivity index (χ1n) is 14.2. The van der Waals surface area contributed by atoms with Crippen LogP contribution in [0.1, 0.15) is 48.8 Å². The van der Waals surface area contributed by atoms with E-state index in [1.165, 1.54) is 48.8 Å². The summed E-state index contributed by atoms with van der Waals surface area (Å²) in [5.41, 5.74) is 1.29. The zero-order chi connectivity index (χ0) is 27.9. The van der Waals surface area contributed by atoms with Crippen molar-refractivity contribution in [2.24, 2.45) is 5.92 Å². The van der Waals surface area contributed by atoms with E-state index in [1.54, 1.807) is 18.0 Å². The molecule has 5 aliphatic rings. The maximum absolute atomic E-state index is 13.4. The zero-order valence-electron chi connectivity index (χ0n) is 22.4. The van der Waals surface area contributed by atoms with Crippen LogP contribution >= 0.6 is 0 Å². The van der Waals surface area contributed by atoms with Gasteiger partial charge in [-0.2, -0.15) is 0 Å². The number of halogens is 3. The number of likely N-dealkylation sites (N-methyl/N-ethyl adjacent to an activating group) is 1. The van der Waals surface area contributed by atoms with E-state index in [-0.39, 0.29) is 29.8 Å². The van der Waals surface area contributed by atoms with E-state index in [2.05, 4.69) is 15.7 Å². The Hall–Kier alpha value is -3.04. The third-order valence-electron chi connectivity index (χ3n) is 9.98. The molecule has 5 atom stereocenters. The predicted octanol–water partition coefficient (Wildman–Crippen LogP) is 4.69. The number of hydrogen-bond donors (Lipinski definition) is 1. The maximum atomic E-state index is 13.4. The highest BCUT2D eigenvalue weighted by Gasteiger charge is 2.73. The van der Waals surface area contributed by atoms with E-state index >= 15 is 0 Å². The lowest BCUT2D eigenvalue weighted by atomic mass is 9.48. The largest absolute Gasteiger partial charge is 0.573 e. The zero-order valence-corrected chi connectivity index (χ0v) is 22.4. The van der Waals surface area contributed by atoms with E-state index in [4.69, 9.17) is 4.74 Å². The minimum Gasteiger partial charge on any atom is -0.487 e. The number of amides is 1. The lowest BCUT2D eigenvalue weighted by molar-refractivity contribution is -0.274. The minimum absolute atomic E-state index is 0.0295. The Balaban J connectivity index is 1.16. The van der Waals surface area contributed by atoms with Crippen LogP contribution in [0, 0.1) is 5.92 Å². The maximum Gasteiger partial charge on any atom is 0.573 e. The third-order valence-corrected chi connectivity index (χ3v) is 9.98. The Morgan fingerprint density at radius 2 is 2.00 bits per heavy atom. The standard InChI is InChI=1S/C31H33F3N2O4/c1-35(26(37)11-10-19-4-2-6-22(16-19)40-31(32,33)34)23-12-13-30(38)25-17-21-5-3-7-24-27(21)29(30,28(23)39-24)14-15-36(25)18-20-8-9-20/h2-7,10-11,16,20,23,25,28,38H,8-9,12-15,17-18H2,1H3/b11-10+/t23?,25-,28?,29+,30-/m1/s1. The molecule has 2 saturated carbocycles. The molecule has 7 rings (SSSR count). The fraction of sp³-hybridized carbons (Fsp3) is 0.516. The van der Waals surface area contributed by atoms with E-state index in [9.17, 15) is 23.1 Å². The molecule has 2 aliphatic heterocycles. The number of piperidine rings is 1. The molecule has 1 spiro atoms. The SMILES string of the molecule is CN(C(=O)/C=C/c1cccc(OC(F)(F)F)c1)C1CC[C@@]2(O)[C@H]3Cc4cccc5c4[C@@]2(CCN3CC2CC2)C1O5. The van der Waals surface area contributed by atoms with E-state index in [1.807, 2.05) is 12.1 Å². The van der Waals surface area contributed by atoms with Gasteiger partial charge < -0.3 is 19.5 Å². The van der Waals surface area contributed by atoms with Gasteiger partial charge >= 0.3 is 6.36 Å². The van der Waals surface area contributed by atoms with Crippen LogP contribution in [0.3, 0.4) is 0 Å². The van der Waals surface area contributed by atoms with Crippen molar-refractivity contribution in [3.8, 4) is 11.5 Å². The van der Waals surface area contributed by atoms with Crippen molar-refractivity contribution in [1.29, 1.82) is 0 Å². The molecule has 2 unspecified atom stereocenters. The van der Waals surface area contributed by atoms with Gasteiger partial charge in [0.05, 0.1) is 17.1 Å². The van der Waals surface area contributed by atoms with Gasteiger partial charge in [-0.1, -0.05) is 24.3 Å². The summed E-state index contributed by atoms with van der Waals surface area (Å²) in [5.74, 6) is 0.939. The summed E-state index contributed by atoms with van der Waals surface area (Å²) < 4.78 is 48.5. The number of benzene rings is 2. The summed E-state index contributed by atoms with van der Waals surface area (Å²) in [7, 11) is 1.75. The fourth-order valence-electron chi connectivity index (χ4n) is 8.09. The molecular formula is C31H33F3N2O4. The Morgan fingerprint density at radius 3 is 2.77 bits per heavy atom. The lowest BCUT2D eigenvalue weighted by Gasteiger charge is -2.64. The first kappa shape index (κ1) is 25.9. The number of nitrogens with zero attached hydrogens (tertiary/aromatic N) is 2. The topological polar surface area (TPSA) is 62.2 Å². The quantitative estimate of drug-likeness (QED) is 0.525. The summed E-state index contributed by atoms with van der Waals surface area (Å²) in [6.45, 7) is 1.93. The van der Waals surface area contributed by atoms with E-state index in [0.717, 1.165) is 43.2 Å². The lowest BCUT2D eigenvalue weighted by Crippen LogP contribution is -2.78. The highest BCUT2D eigenvalue weighted by atomic mass is 19.4. The van der Waals surface area contributed by atoms with Crippen LogP contribution in [-0.4, -0.2) is 71.1 Å². The molecule has 1 N–H and O–H groups in total. The smallest absolute Gasteiger partial charge is 0.487 e. The molecule has 2 heterocycles. The molecule has 212 valence electrons. The molecule has 2 aromatic carbocycles. The van der Waals surface area contributed by atoms with Gasteiger partial charge in [-0.3, -0.25) is 9.69 Å². The second kappa shape index (κ2) is 8.98. The average molecular weight is 555 g/mol. The minimum atomic E-state index is -4.79. The second-order valence-electron chi connectivity index (χ2n) is 12.1. The average Bonchev–Trinajstić information content (AvgIpc) is 3.65. The van der Waals surface area contributed by atoms with Crippen LogP contribution in [0.25, 0.3) is 6.08 Å². The summed E-state index contributed by atoms with van der Waals surface area (Å²) in [6, 6.07) is 11.5. The van der Waals surface area contributed by atoms with Gasteiger partial charge in [0.2, 0.25) is 5.91 Å². The number of rotatable bonds is 6. The van der Waals surface area contributed by atoms with Gasteiger partial charge in [0, 0.05) is 31.3 Å². The Morgan fingerprint density at radius 1 is 1.20 bits per heavy atom. The first-order chi connectivity index (χ1) is 19.1. The van der Waals surface area contributed by atoms with Crippen LogP contribution in [-0.2, 0) is 16.6 Å². The van der Waals surface area contributed by atoms with Gasteiger partial charge in [0.1, 0.15) is 17.6 Å². The number of alkyl halides is 3. The molecule has 40 heavy (non-hydrogen) atoms. The van der Waals surface area contributed by atoms with Crippen molar-refractivity contribution in [1.82, 2.24) is 9.80 Å². The Bertz CT molecular complexity index is 1370. The number of aliphatic hydroxyl groups is 1. The molecule has 9 heteroatoms. The van der Waals surface area contributed by atoms with Crippen LogP contribution in [0.5, 0.6) is 11.5 Å². The molecule has 6 nitrogen and oxygen atoms in total. The number of ether oxygens (including phenoxy) is 2. The van der Waals surface area contributed by atoms with Gasteiger partial charge in [-0.15, -0.1) is 13.2 Å². The first-order valence-corrected chi connectivity index (χ1v) is 14.2. The molecule has 2 aromatic rings. The number of hydrogen-bond acceptors (Lipinski definition) is 5. The van der Waals surface area contributed by atoms with Crippen molar-refractivity contribution in [3.05, 3.63) is 65.2 Å². The molecule has 2 bridgehead atoms. The Kier molecular flexibility index (Phi) is 5.81. The fourth-order valence-corrected chi connectivity index (χ4v) is 8.09. The summed E-state index contributed by atoms with van der Waals surface area (Å²) in [4.78, 5) is 17.6. The van der Waals surface area contributed by atoms with Crippen molar-refractivity contribution in [2.75, 3.05) is 20.1 Å². The molecule has 1 amide bonds. The number of carbonyl (C=O) groups excluding carboxylic acids is 1. The van der Waals surface area contributed by atoms with Crippen LogP contribution in [0.4, 0.5) is 13.2 Å². The van der Waals surface area contributed by atoms with Crippen molar-refractivity contribution in [2.45, 2.75) is 74.1 Å². The molecule has 1 saturated heterocycles. The summed E-state index contributed by atoms with van der Waals surface area (Å²) >= 11 is 0. The molecule has 3 fully saturated rings. The van der Waals surface area contributed by atoms with Gasteiger partial charge in [0.15, 0.2) is 0 Å². The second-order valence-corrected chi connectivity index (χ2v) is 12.1. The van der Waals surface area contributed by atoms with Gasteiger partial charge in [0.25, 0.3) is 0 Å². The van der Waals surface area contributed by atoms with Crippen molar-refractivity contribution in [3.63, 3.8) is 0 Å². The highest BCUT2D eigenvalue weighted by molar-refractivity contribution is 5.92. The number of likely N-dealkylation sites (tertiary alicyclic amines) is 1. The molecule has 0 radical (unpaired) electrons. The van der Waals surface area contributed by atoms with Gasteiger partial charge in [-0.05, 0) is 86.4 Å². The van der Waals surface area contributed by atoms with Crippen LogP contribution < -0.4 is 9.47 Å². The summed E-state index contributed by atoms with van der Waals surface area (Å²) in [6.07, 6.45) is 3.01. The van der Waals surface area contributed by atoms with Crippen molar-refractivity contribution < 1.29 is 32.5 Å². The normalized spacial score (nSPS) is 32.5. The monoisotopic (exact) mass is 554 g/mol. The predicted molar refractivity (Wildman–Crippen MR) is 142 cm³/mol. The van der Waals surface area contributed by atoms with Gasteiger partial charge in [-0.25, -0.2) is 0 Å².